The van der Waals surface area contributed by atoms with Crippen LogP contribution in [0.5, 0.6) is 0 Å². The quantitative estimate of drug-likeness (QED) is 0.696. The van der Waals surface area contributed by atoms with Crippen LogP contribution in [0.15, 0.2) is 27.4 Å². The second-order valence-electron chi connectivity index (χ2n) is 5.46. The molecule has 0 saturated heterocycles. The predicted molar refractivity (Wildman–Crippen MR) is 85.8 cm³/mol. The van der Waals surface area contributed by atoms with E-state index in [-0.39, 0.29) is 11.5 Å². The van der Waals surface area contributed by atoms with Crippen molar-refractivity contribution < 1.29 is 4.42 Å². The minimum atomic E-state index is -0.0118. The molecule has 0 aliphatic heterocycles. The van der Waals surface area contributed by atoms with Crippen LogP contribution >= 0.6 is 15.9 Å². The van der Waals surface area contributed by atoms with Crippen LogP contribution in [0.3, 0.4) is 0 Å². The average Bonchev–Trinajstić information content (AvgIpc) is 2.81. The van der Waals surface area contributed by atoms with Gasteiger partial charge in [0.15, 0.2) is 0 Å². The number of H-pyrrole nitrogens is 1. The Balaban J connectivity index is 2.48. The molecule has 1 aromatic carbocycles. The fraction of sp³-hybridized carbons (Fsp3) is 0.312. The first-order valence-corrected chi connectivity index (χ1v) is 7.78. The summed E-state index contributed by atoms with van der Waals surface area (Å²) in [5, 5.41) is 2.74. The van der Waals surface area contributed by atoms with Crippen LogP contribution in [0.4, 0.5) is 0 Å². The summed E-state index contributed by atoms with van der Waals surface area (Å²) in [6.45, 7) is 6.05. The van der Waals surface area contributed by atoms with Crippen molar-refractivity contribution in [2.45, 2.75) is 32.0 Å². The zero-order valence-corrected chi connectivity index (χ0v) is 13.3. The van der Waals surface area contributed by atoms with Crippen molar-refractivity contribution in [2.75, 3.05) is 0 Å². The van der Waals surface area contributed by atoms with E-state index in [0.29, 0.717) is 5.33 Å². The zero-order valence-electron chi connectivity index (χ0n) is 11.7. The van der Waals surface area contributed by atoms with Gasteiger partial charge in [-0.3, -0.25) is 4.79 Å². The van der Waals surface area contributed by atoms with Crippen molar-refractivity contribution >= 4 is 37.8 Å². The molecule has 0 bridgehead atoms. The second-order valence-corrected chi connectivity index (χ2v) is 6.02. The molecule has 1 N–H and O–H groups in total. The lowest BCUT2D eigenvalue weighted by Crippen LogP contribution is -2.13. The normalized spacial score (nSPS) is 11.8. The Bertz CT molecular complexity index is 858. The molecular formula is C16H16BrNO2. The average molecular weight is 334 g/mol. The van der Waals surface area contributed by atoms with Gasteiger partial charge in [-0.2, -0.15) is 0 Å². The van der Waals surface area contributed by atoms with Crippen LogP contribution in [0.1, 0.15) is 36.7 Å². The Morgan fingerprint density at radius 3 is 2.70 bits per heavy atom. The maximum Gasteiger partial charge on any atom is 0.251 e. The minimum absolute atomic E-state index is 0.0118. The predicted octanol–water partition coefficient (Wildman–Crippen LogP) is 4.60. The molecule has 0 aliphatic carbocycles. The standard InChI is InChI=1S/C16H16BrNO2/c1-8(2)12-6-13-14(18-16(12)19)9(3)4-10-5-11(7-17)20-15(10)13/h4-6,8H,7H2,1-3H3,(H,18,19). The van der Waals surface area contributed by atoms with E-state index in [1.54, 1.807) is 0 Å². The Hall–Kier alpha value is -1.55. The number of hydrogen-bond acceptors (Lipinski definition) is 2. The molecule has 0 unspecified atom stereocenters. The van der Waals surface area contributed by atoms with Gasteiger partial charge >= 0.3 is 0 Å². The van der Waals surface area contributed by atoms with E-state index in [1.807, 2.05) is 32.9 Å². The summed E-state index contributed by atoms with van der Waals surface area (Å²) in [5.74, 6) is 1.08. The molecule has 4 heteroatoms. The van der Waals surface area contributed by atoms with Gasteiger partial charge in [0.1, 0.15) is 11.3 Å². The molecule has 0 saturated carbocycles. The number of fused-ring (bicyclic) bond motifs is 3. The molecule has 3 nitrogen and oxygen atoms in total. The van der Waals surface area contributed by atoms with Gasteiger partial charge in [0.05, 0.1) is 10.8 Å². The van der Waals surface area contributed by atoms with Gasteiger partial charge in [-0.25, -0.2) is 0 Å². The van der Waals surface area contributed by atoms with E-state index in [0.717, 1.165) is 38.8 Å². The number of hydrogen-bond donors (Lipinski definition) is 1. The summed E-state index contributed by atoms with van der Waals surface area (Å²) >= 11 is 3.42. The highest BCUT2D eigenvalue weighted by Gasteiger charge is 2.14. The molecule has 0 fully saturated rings. The number of alkyl halides is 1. The van der Waals surface area contributed by atoms with Gasteiger partial charge in [-0.15, -0.1) is 0 Å². The number of aryl methyl sites for hydroxylation is 1. The smallest absolute Gasteiger partial charge is 0.251 e. The molecule has 3 aromatic rings. The van der Waals surface area contributed by atoms with Crippen molar-refractivity contribution in [3.05, 3.63) is 45.4 Å². The highest BCUT2D eigenvalue weighted by atomic mass is 79.9. The molecule has 20 heavy (non-hydrogen) atoms. The molecule has 0 atom stereocenters. The van der Waals surface area contributed by atoms with Gasteiger partial charge in [-0.1, -0.05) is 29.8 Å². The Labute approximate surface area is 125 Å². The van der Waals surface area contributed by atoms with Gasteiger partial charge in [0, 0.05) is 16.3 Å². The summed E-state index contributed by atoms with van der Waals surface area (Å²) in [4.78, 5) is 15.1. The summed E-state index contributed by atoms with van der Waals surface area (Å²) < 4.78 is 5.89. The molecule has 104 valence electrons. The number of aromatic amines is 1. The van der Waals surface area contributed by atoms with E-state index in [4.69, 9.17) is 4.42 Å². The third-order valence-electron chi connectivity index (χ3n) is 3.65. The lowest BCUT2D eigenvalue weighted by Gasteiger charge is -2.08. The number of pyridine rings is 1. The SMILES string of the molecule is Cc1cc2cc(CBr)oc2c2cc(C(C)C)c(=O)[nH]c12. The van der Waals surface area contributed by atoms with Crippen molar-refractivity contribution in [3.8, 4) is 0 Å². The fourth-order valence-corrected chi connectivity index (χ4v) is 2.89. The highest BCUT2D eigenvalue weighted by molar-refractivity contribution is 9.08. The molecule has 3 rings (SSSR count). The monoisotopic (exact) mass is 333 g/mol. The lowest BCUT2D eigenvalue weighted by atomic mass is 10.0. The third-order valence-corrected chi connectivity index (χ3v) is 4.20. The zero-order chi connectivity index (χ0) is 14.4. The topological polar surface area (TPSA) is 46.0 Å². The van der Waals surface area contributed by atoms with Crippen LogP contribution in [-0.2, 0) is 5.33 Å². The summed E-state index contributed by atoms with van der Waals surface area (Å²) in [5.41, 5.74) is 3.55. The summed E-state index contributed by atoms with van der Waals surface area (Å²) in [6.07, 6.45) is 0. The van der Waals surface area contributed by atoms with Gasteiger partial charge in [0.25, 0.3) is 5.56 Å². The molecule has 2 heterocycles. The number of halogens is 1. The molecule has 0 spiro atoms. The van der Waals surface area contributed by atoms with E-state index < -0.39 is 0 Å². The van der Waals surface area contributed by atoms with Gasteiger partial charge < -0.3 is 9.40 Å². The summed E-state index contributed by atoms with van der Waals surface area (Å²) in [6, 6.07) is 6.06. The molecule has 0 aliphatic rings. The molecule has 2 aromatic heterocycles. The highest BCUT2D eigenvalue weighted by Crippen LogP contribution is 2.31. The number of furan rings is 1. The fourth-order valence-electron chi connectivity index (χ4n) is 2.61. The van der Waals surface area contributed by atoms with Gasteiger partial charge in [-0.05, 0) is 36.6 Å². The maximum absolute atomic E-state index is 12.1. The van der Waals surface area contributed by atoms with Crippen molar-refractivity contribution in [2.24, 2.45) is 0 Å². The summed E-state index contributed by atoms with van der Waals surface area (Å²) in [7, 11) is 0. The first-order valence-electron chi connectivity index (χ1n) is 6.66. The Morgan fingerprint density at radius 2 is 2.05 bits per heavy atom. The van der Waals surface area contributed by atoms with Gasteiger partial charge in [0.2, 0.25) is 0 Å². The number of benzene rings is 1. The van der Waals surface area contributed by atoms with Crippen LogP contribution in [0.2, 0.25) is 0 Å². The van der Waals surface area contributed by atoms with E-state index in [2.05, 4.69) is 27.0 Å². The van der Waals surface area contributed by atoms with Crippen molar-refractivity contribution in [1.29, 1.82) is 0 Å². The Kier molecular flexibility index (Phi) is 3.21. The first kappa shape index (κ1) is 13.4. The van der Waals surface area contributed by atoms with E-state index in [1.165, 1.54) is 0 Å². The maximum atomic E-state index is 12.1. The van der Waals surface area contributed by atoms with Crippen molar-refractivity contribution in [1.82, 2.24) is 4.98 Å². The number of aromatic nitrogens is 1. The van der Waals surface area contributed by atoms with Crippen LogP contribution in [0, 0.1) is 6.92 Å². The molecule has 0 amide bonds. The number of rotatable bonds is 2. The molecule has 0 radical (unpaired) electrons. The number of nitrogens with one attached hydrogen (secondary N) is 1. The van der Waals surface area contributed by atoms with Crippen LogP contribution < -0.4 is 5.56 Å². The van der Waals surface area contributed by atoms with E-state index in [9.17, 15) is 4.79 Å². The Morgan fingerprint density at radius 1 is 1.30 bits per heavy atom. The van der Waals surface area contributed by atoms with E-state index >= 15 is 0 Å². The first-order chi connectivity index (χ1) is 9.51. The van der Waals surface area contributed by atoms with Crippen LogP contribution in [0.25, 0.3) is 21.9 Å². The van der Waals surface area contributed by atoms with Crippen molar-refractivity contribution in [3.63, 3.8) is 0 Å². The minimum Gasteiger partial charge on any atom is -0.459 e. The molecular weight excluding hydrogens is 318 g/mol. The largest absolute Gasteiger partial charge is 0.459 e. The lowest BCUT2D eigenvalue weighted by molar-refractivity contribution is 0.578. The second kappa shape index (κ2) is 4.77. The third kappa shape index (κ3) is 1.99. The van der Waals surface area contributed by atoms with Crippen LogP contribution in [-0.4, -0.2) is 4.98 Å².